The van der Waals surface area contributed by atoms with Gasteiger partial charge in [-0.3, -0.25) is 4.90 Å². The molecule has 1 aliphatic heterocycles. The highest BCUT2D eigenvalue weighted by Gasteiger charge is 2.31. The lowest BCUT2D eigenvalue weighted by molar-refractivity contribution is -0.274. The Hall–Kier alpha value is -2.35. The molecule has 1 aromatic heterocycles. The summed E-state index contributed by atoms with van der Waals surface area (Å²) in [6.45, 7) is 5.99. The molecule has 8 heteroatoms. The molecule has 0 bridgehead atoms. The molecule has 1 saturated heterocycles. The van der Waals surface area contributed by atoms with Crippen molar-refractivity contribution < 1.29 is 17.9 Å². The van der Waals surface area contributed by atoms with Crippen LogP contribution in [0.5, 0.6) is 5.75 Å². The topological polar surface area (TPSA) is 41.5 Å². The number of rotatable bonds is 4. The Morgan fingerprint density at radius 1 is 0.960 bits per heavy atom. The molecule has 0 aliphatic carbocycles. The summed E-state index contributed by atoms with van der Waals surface area (Å²) in [7, 11) is 0. The molecule has 1 aliphatic rings. The normalized spacial score (nSPS) is 16.1. The Kier molecular flexibility index (Phi) is 5.08. The molecular formula is C17H19F3N4O. The largest absolute Gasteiger partial charge is 0.573 e. The maximum absolute atomic E-state index is 12.2. The standard InChI is InChI=1S/C17H19F3N4O/c1-13-2-7-16(22-21-13)24-10-8-23(9-11-24)12-14-3-5-15(6-4-14)25-17(18,19)20/h2-7H,8-12H2,1H3. The molecule has 0 amide bonds. The van der Waals surface area contributed by atoms with Crippen molar-refractivity contribution in [2.24, 2.45) is 0 Å². The van der Waals surface area contributed by atoms with Crippen molar-refractivity contribution in [3.05, 3.63) is 47.7 Å². The summed E-state index contributed by atoms with van der Waals surface area (Å²) in [5, 5.41) is 8.28. The molecule has 0 atom stereocenters. The van der Waals surface area contributed by atoms with Crippen molar-refractivity contribution in [3.63, 3.8) is 0 Å². The smallest absolute Gasteiger partial charge is 0.406 e. The monoisotopic (exact) mass is 352 g/mol. The number of aryl methyl sites for hydroxylation is 1. The first-order valence-corrected chi connectivity index (χ1v) is 8.01. The molecule has 2 aromatic rings. The van der Waals surface area contributed by atoms with E-state index in [1.54, 1.807) is 12.1 Å². The third-order valence-electron chi connectivity index (χ3n) is 4.04. The van der Waals surface area contributed by atoms with Gasteiger partial charge >= 0.3 is 6.36 Å². The van der Waals surface area contributed by atoms with Crippen molar-refractivity contribution >= 4 is 5.82 Å². The predicted molar refractivity (Wildman–Crippen MR) is 87.4 cm³/mol. The van der Waals surface area contributed by atoms with Gasteiger partial charge in [-0.1, -0.05) is 12.1 Å². The zero-order chi connectivity index (χ0) is 17.9. The van der Waals surface area contributed by atoms with Crippen molar-refractivity contribution in [3.8, 4) is 5.75 Å². The highest BCUT2D eigenvalue weighted by Crippen LogP contribution is 2.23. The summed E-state index contributed by atoms with van der Waals surface area (Å²) in [6, 6.07) is 9.94. The maximum Gasteiger partial charge on any atom is 0.573 e. The fourth-order valence-electron chi connectivity index (χ4n) is 2.75. The van der Waals surface area contributed by atoms with Gasteiger partial charge in [-0.15, -0.1) is 18.3 Å². The van der Waals surface area contributed by atoms with Gasteiger partial charge in [0.1, 0.15) is 5.75 Å². The number of benzene rings is 1. The van der Waals surface area contributed by atoms with Crippen LogP contribution in [-0.2, 0) is 6.54 Å². The van der Waals surface area contributed by atoms with Gasteiger partial charge < -0.3 is 9.64 Å². The Morgan fingerprint density at radius 2 is 1.64 bits per heavy atom. The Bertz CT molecular complexity index is 681. The van der Waals surface area contributed by atoms with Gasteiger partial charge in [0.05, 0.1) is 5.69 Å². The SMILES string of the molecule is Cc1ccc(N2CCN(Cc3ccc(OC(F)(F)F)cc3)CC2)nn1. The van der Waals surface area contributed by atoms with Crippen LogP contribution in [0.2, 0.25) is 0 Å². The molecule has 1 fully saturated rings. The average molecular weight is 352 g/mol. The van der Waals surface area contributed by atoms with E-state index in [1.165, 1.54) is 12.1 Å². The highest BCUT2D eigenvalue weighted by atomic mass is 19.4. The van der Waals surface area contributed by atoms with Crippen molar-refractivity contribution in [1.82, 2.24) is 15.1 Å². The van der Waals surface area contributed by atoms with Gasteiger partial charge in [0, 0.05) is 32.7 Å². The summed E-state index contributed by atoms with van der Waals surface area (Å²) >= 11 is 0. The van der Waals surface area contributed by atoms with Crippen molar-refractivity contribution in [2.45, 2.75) is 19.8 Å². The number of ether oxygens (including phenoxy) is 1. The first kappa shape index (κ1) is 17.5. The predicted octanol–water partition coefficient (Wildman–Crippen LogP) is 3.01. The first-order chi connectivity index (χ1) is 11.9. The molecular weight excluding hydrogens is 333 g/mol. The molecule has 3 rings (SSSR count). The quantitative estimate of drug-likeness (QED) is 0.846. The second kappa shape index (κ2) is 7.26. The average Bonchev–Trinajstić information content (AvgIpc) is 2.57. The third-order valence-corrected chi connectivity index (χ3v) is 4.04. The summed E-state index contributed by atoms with van der Waals surface area (Å²) in [6.07, 6.45) is -4.66. The summed E-state index contributed by atoms with van der Waals surface area (Å²) in [5.41, 5.74) is 1.85. The number of alkyl halides is 3. The number of hydrogen-bond donors (Lipinski definition) is 0. The highest BCUT2D eigenvalue weighted by molar-refractivity contribution is 5.38. The molecule has 2 heterocycles. The van der Waals surface area contributed by atoms with Gasteiger partial charge in [-0.25, -0.2) is 0 Å². The second-order valence-corrected chi connectivity index (χ2v) is 5.99. The zero-order valence-electron chi connectivity index (χ0n) is 13.8. The van der Waals surface area contributed by atoms with E-state index in [4.69, 9.17) is 0 Å². The third kappa shape index (κ3) is 5.06. The van der Waals surface area contributed by atoms with Crippen molar-refractivity contribution in [2.75, 3.05) is 31.1 Å². The van der Waals surface area contributed by atoms with Crippen LogP contribution in [0.15, 0.2) is 36.4 Å². The van der Waals surface area contributed by atoms with Crippen LogP contribution in [0.4, 0.5) is 19.0 Å². The summed E-state index contributed by atoms with van der Waals surface area (Å²) < 4.78 is 40.4. The molecule has 25 heavy (non-hydrogen) atoms. The molecule has 0 spiro atoms. The van der Waals surface area contributed by atoms with Gasteiger partial charge in [-0.2, -0.15) is 5.10 Å². The number of nitrogens with zero attached hydrogens (tertiary/aromatic N) is 4. The molecule has 0 radical (unpaired) electrons. The lowest BCUT2D eigenvalue weighted by Crippen LogP contribution is -2.46. The van der Waals surface area contributed by atoms with Crippen LogP contribution in [0.25, 0.3) is 0 Å². The van der Waals surface area contributed by atoms with E-state index < -0.39 is 6.36 Å². The number of aromatic nitrogens is 2. The summed E-state index contributed by atoms with van der Waals surface area (Å²) in [5.74, 6) is 0.679. The van der Waals surface area contributed by atoms with E-state index in [9.17, 15) is 13.2 Å². The van der Waals surface area contributed by atoms with Crippen LogP contribution in [0.1, 0.15) is 11.3 Å². The van der Waals surface area contributed by atoms with Crippen LogP contribution in [0.3, 0.4) is 0 Å². The lowest BCUT2D eigenvalue weighted by Gasteiger charge is -2.35. The molecule has 5 nitrogen and oxygen atoms in total. The number of anilines is 1. The van der Waals surface area contributed by atoms with Crippen LogP contribution >= 0.6 is 0 Å². The first-order valence-electron chi connectivity index (χ1n) is 8.01. The van der Waals surface area contributed by atoms with E-state index in [0.29, 0.717) is 6.54 Å². The van der Waals surface area contributed by atoms with E-state index in [-0.39, 0.29) is 5.75 Å². The number of piperazine rings is 1. The molecule has 0 saturated carbocycles. The zero-order valence-corrected chi connectivity index (χ0v) is 13.8. The van der Waals surface area contributed by atoms with Gasteiger partial charge in [0.25, 0.3) is 0 Å². The van der Waals surface area contributed by atoms with E-state index in [0.717, 1.165) is 43.3 Å². The maximum atomic E-state index is 12.2. The van der Waals surface area contributed by atoms with Crippen molar-refractivity contribution in [1.29, 1.82) is 0 Å². The van der Waals surface area contributed by atoms with E-state index >= 15 is 0 Å². The Balaban J connectivity index is 1.51. The van der Waals surface area contributed by atoms with E-state index in [1.807, 2.05) is 19.1 Å². The van der Waals surface area contributed by atoms with E-state index in [2.05, 4.69) is 24.7 Å². The minimum atomic E-state index is -4.66. The second-order valence-electron chi connectivity index (χ2n) is 5.99. The number of hydrogen-bond acceptors (Lipinski definition) is 5. The molecule has 0 unspecified atom stereocenters. The molecule has 0 N–H and O–H groups in total. The van der Waals surface area contributed by atoms with Gasteiger partial charge in [0.15, 0.2) is 5.82 Å². The lowest BCUT2D eigenvalue weighted by atomic mass is 10.2. The van der Waals surface area contributed by atoms with Crippen LogP contribution in [0, 0.1) is 6.92 Å². The van der Waals surface area contributed by atoms with Crippen LogP contribution in [-0.4, -0.2) is 47.6 Å². The number of halogens is 3. The minimum absolute atomic E-state index is 0.195. The fourth-order valence-corrected chi connectivity index (χ4v) is 2.75. The minimum Gasteiger partial charge on any atom is -0.406 e. The molecule has 1 aromatic carbocycles. The Labute approximate surface area is 144 Å². The van der Waals surface area contributed by atoms with Crippen LogP contribution < -0.4 is 9.64 Å². The Morgan fingerprint density at radius 3 is 2.20 bits per heavy atom. The van der Waals surface area contributed by atoms with Gasteiger partial charge in [0.2, 0.25) is 0 Å². The molecule has 134 valence electrons. The fraction of sp³-hybridized carbons (Fsp3) is 0.412. The summed E-state index contributed by atoms with van der Waals surface area (Å²) in [4.78, 5) is 4.45. The van der Waals surface area contributed by atoms with Gasteiger partial charge in [-0.05, 0) is 36.8 Å².